The third kappa shape index (κ3) is 2.67. The number of nitrogens with zero attached hydrogens (tertiary/aromatic N) is 3. The Labute approximate surface area is 111 Å². The predicted octanol–water partition coefficient (Wildman–Crippen LogP) is 1.10. The number of alkyl halides is 1. The summed E-state index contributed by atoms with van der Waals surface area (Å²) in [5, 5.41) is 0. The SMILES string of the molecule is CCn1ccnc(N2CC(C)OC(CCl)C2)c1=O. The van der Waals surface area contributed by atoms with E-state index in [1.807, 2.05) is 18.7 Å². The van der Waals surface area contributed by atoms with Gasteiger partial charge in [-0.1, -0.05) is 0 Å². The van der Waals surface area contributed by atoms with E-state index in [4.69, 9.17) is 16.3 Å². The second-order valence-corrected chi connectivity index (χ2v) is 4.78. The number of anilines is 1. The van der Waals surface area contributed by atoms with Crippen molar-refractivity contribution in [1.29, 1.82) is 0 Å². The number of aryl methyl sites for hydroxylation is 1. The largest absolute Gasteiger partial charge is 0.370 e. The number of hydrogen-bond acceptors (Lipinski definition) is 4. The fraction of sp³-hybridized carbons (Fsp3) is 0.667. The molecule has 2 atom stereocenters. The summed E-state index contributed by atoms with van der Waals surface area (Å²) < 4.78 is 7.32. The van der Waals surface area contributed by atoms with Gasteiger partial charge in [-0.05, 0) is 13.8 Å². The predicted molar refractivity (Wildman–Crippen MR) is 71.4 cm³/mol. The number of hydrogen-bond donors (Lipinski definition) is 0. The van der Waals surface area contributed by atoms with E-state index >= 15 is 0 Å². The fourth-order valence-electron chi connectivity index (χ4n) is 2.21. The van der Waals surface area contributed by atoms with Crippen LogP contribution in [0.25, 0.3) is 0 Å². The van der Waals surface area contributed by atoms with Crippen molar-refractivity contribution in [2.24, 2.45) is 0 Å². The molecule has 1 aliphatic rings. The average Bonchev–Trinajstić information content (AvgIpc) is 2.38. The maximum Gasteiger partial charge on any atom is 0.293 e. The van der Waals surface area contributed by atoms with E-state index in [2.05, 4.69) is 4.98 Å². The highest BCUT2D eigenvalue weighted by atomic mass is 35.5. The Morgan fingerprint density at radius 2 is 2.33 bits per heavy atom. The van der Waals surface area contributed by atoms with Gasteiger partial charge in [0.25, 0.3) is 5.56 Å². The van der Waals surface area contributed by atoms with Crippen LogP contribution in [0.15, 0.2) is 17.2 Å². The molecular weight excluding hydrogens is 254 g/mol. The highest BCUT2D eigenvalue weighted by Crippen LogP contribution is 2.16. The van der Waals surface area contributed by atoms with Gasteiger partial charge in [-0.3, -0.25) is 4.79 Å². The standard InChI is InChI=1S/C12H18ClN3O2/c1-3-15-5-4-14-11(12(15)17)16-7-9(2)18-10(6-13)8-16/h4-5,9-10H,3,6-8H2,1-2H3. The Hall–Kier alpha value is -1.07. The number of halogens is 1. The molecule has 1 aliphatic heterocycles. The highest BCUT2D eigenvalue weighted by molar-refractivity contribution is 6.18. The van der Waals surface area contributed by atoms with Crippen molar-refractivity contribution in [2.75, 3.05) is 23.9 Å². The molecular formula is C12H18ClN3O2. The maximum absolute atomic E-state index is 12.2. The van der Waals surface area contributed by atoms with Crippen LogP contribution in [0, 0.1) is 0 Å². The smallest absolute Gasteiger partial charge is 0.293 e. The molecule has 0 saturated carbocycles. The van der Waals surface area contributed by atoms with Crippen molar-refractivity contribution in [1.82, 2.24) is 9.55 Å². The Kier molecular flexibility index (Phi) is 4.24. The molecule has 6 heteroatoms. The minimum absolute atomic E-state index is 0.0492. The highest BCUT2D eigenvalue weighted by Gasteiger charge is 2.27. The van der Waals surface area contributed by atoms with Crippen LogP contribution in [-0.2, 0) is 11.3 Å². The molecule has 0 bridgehead atoms. The second-order valence-electron chi connectivity index (χ2n) is 4.47. The van der Waals surface area contributed by atoms with Crippen molar-refractivity contribution in [3.05, 3.63) is 22.7 Å². The minimum Gasteiger partial charge on any atom is -0.370 e. The van der Waals surface area contributed by atoms with Crippen molar-refractivity contribution >= 4 is 17.4 Å². The first-order chi connectivity index (χ1) is 8.65. The first-order valence-corrected chi connectivity index (χ1v) is 6.71. The van der Waals surface area contributed by atoms with Gasteiger partial charge in [-0.25, -0.2) is 4.98 Å². The van der Waals surface area contributed by atoms with E-state index in [1.165, 1.54) is 0 Å². The molecule has 2 rings (SSSR count). The summed E-state index contributed by atoms with van der Waals surface area (Å²) in [6, 6.07) is 0. The van der Waals surface area contributed by atoms with Crippen LogP contribution in [0.1, 0.15) is 13.8 Å². The molecule has 1 aromatic heterocycles. The van der Waals surface area contributed by atoms with Crippen molar-refractivity contribution in [3.8, 4) is 0 Å². The number of morpholine rings is 1. The molecule has 0 spiro atoms. The first-order valence-electron chi connectivity index (χ1n) is 6.17. The molecule has 5 nitrogen and oxygen atoms in total. The van der Waals surface area contributed by atoms with E-state index in [0.717, 1.165) is 0 Å². The molecule has 100 valence electrons. The third-order valence-corrected chi connectivity index (χ3v) is 3.38. The van der Waals surface area contributed by atoms with Crippen molar-refractivity contribution < 1.29 is 4.74 Å². The minimum atomic E-state index is -0.0533. The van der Waals surface area contributed by atoms with Gasteiger partial charge in [0, 0.05) is 32.0 Å². The van der Waals surface area contributed by atoms with E-state index in [-0.39, 0.29) is 17.8 Å². The van der Waals surface area contributed by atoms with Crippen molar-refractivity contribution in [3.63, 3.8) is 0 Å². The lowest BCUT2D eigenvalue weighted by Crippen LogP contribution is -2.49. The van der Waals surface area contributed by atoms with Gasteiger partial charge in [-0.15, -0.1) is 11.6 Å². The molecule has 1 aromatic rings. The zero-order chi connectivity index (χ0) is 13.1. The summed E-state index contributed by atoms with van der Waals surface area (Å²) in [5.74, 6) is 0.917. The Morgan fingerprint density at radius 1 is 1.56 bits per heavy atom. The lowest BCUT2D eigenvalue weighted by atomic mass is 10.2. The Bertz CT molecular complexity index is 463. The third-order valence-electron chi connectivity index (χ3n) is 3.03. The average molecular weight is 272 g/mol. The summed E-state index contributed by atoms with van der Waals surface area (Å²) in [6.07, 6.45) is 3.37. The van der Waals surface area contributed by atoms with Gasteiger partial charge in [-0.2, -0.15) is 0 Å². The molecule has 0 aromatic carbocycles. The topological polar surface area (TPSA) is 47.4 Å². The van der Waals surface area contributed by atoms with Crippen LogP contribution < -0.4 is 10.5 Å². The van der Waals surface area contributed by atoms with Crippen LogP contribution in [0.3, 0.4) is 0 Å². The van der Waals surface area contributed by atoms with Crippen LogP contribution in [-0.4, -0.2) is 40.7 Å². The van der Waals surface area contributed by atoms with Gasteiger partial charge in [0.15, 0.2) is 5.82 Å². The first kappa shape index (κ1) is 13.4. The van der Waals surface area contributed by atoms with E-state index in [9.17, 15) is 4.79 Å². The second kappa shape index (κ2) is 5.71. The van der Waals surface area contributed by atoms with Gasteiger partial charge in [0.2, 0.25) is 0 Å². The monoisotopic (exact) mass is 271 g/mol. The zero-order valence-electron chi connectivity index (χ0n) is 10.7. The quantitative estimate of drug-likeness (QED) is 0.773. The van der Waals surface area contributed by atoms with Crippen LogP contribution in [0.4, 0.5) is 5.82 Å². The van der Waals surface area contributed by atoms with E-state index in [0.29, 0.717) is 31.3 Å². The maximum atomic E-state index is 12.2. The van der Waals surface area contributed by atoms with Gasteiger partial charge in [0.1, 0.15) is 0 Å². The molecule has 0 aliphatic carbocycles. The van der Waals surface area contributed by atoms with Crippen LogP contribution >= 0.6 is 11.6 Å². The molecule has 0 N–H and O–H groups in total. The normalized spacial score (nSPS) is 24.3. The molecule has 2 unspecified atom stereocenters. The van der Waals surface area contributed by atoms with Crippen LogP contribution in [0.2, 0.25) is 0 Å². The summed E-state index contributed by atoms with van der Waals surface area (Å²) in [6.45, 7) is 5.85. The zero-order valence-corrected chi connectivity index (χ0v) is 11.4. The van der Waals surface area contributed by atoms with E-state index in [1.54, 1.807) is 17.0 Å². The summed E-state index contributed by atoms with van der Waals surface area (Å²) in [7, 11) is 0. The molecule has 1 saturated heterocycles. The van der Waals surface area contributed by atoms with Gasteiger partial charge < -0.3 is 14.2 Å². The van der Waals surface area contributed by atoms with E-state index < -0.39 is 0 Å². The van der Waals surface area contributed by atoms with Crippen molar-refractivity contribution in [2.45, 2.75) is 32.6 Å². The molecule has 1 fully saturated rings. The summed E-state index contributed by atoms with van der Waals surface area (Å²) >= 11 is 5.84. The molecule has 0 radical (unpaired) electrons. The Balaban J connectivity index is 2.28. The Morgan fingerprint density at radius 3 is 3.00 bits per heavy atom. The molecule has 2 heterocycles. The number of rotatable bonds is 3. The summed E-state index contributed by atoms with van der Waals surface area (Å²) in [5.41, 5.74) is -0.0533. The van der Waals surface area contributed by atoms with Crippen LogP contribution in [0.5, 0.6) is 0 Å². The number of ether oxygens (including phenoxy) is 1. The van der Waals surface area contributed by atoms with Gasteiger partial charge in [0.05, 0.1) is 18.1 Å². The molecule has 18 heavy (non-hydrogen) atoms. The lowest BCUT2D eigenvalue weighted by Gasteiger charge is -2.36. The lowest BCUT2D eigenvalue weighted by molar-refractivity contribution is -0.00368. The summed E-state index contributed by atoms with van der Waals surface area (Å²) in [4.78, 5) is 18.4. The molecule has 0 amide bonds. The fourth-order valence-corrected chi connectivity index (χ4v) is 2.38. The number of aromatic nitrogens is 2. The van der Waals surface area contributed by atoms with Gasteiger partial charge >= 0.3 is 0 Å².